The number of hydrogen-bond acceptors (Lipinski definition) is 3. The minimum Gasteiger partial charge on any atom is -0.409 e. The highest BCUT2D eigenvalue weighted by Crippen LogP contribution is 2.24. The van der Waals surface area contributed by atoms with E-state index in [1.165, 1.54) is 12.8 Å². The van der Waals surface area contributed by atoms with E-state index in [4.69, 9.17) is 10.9 Å². The monoisotopic (exact) mass is 227 g/mol. The Morgan fingerprint density at radius 1 is 1.56 bits per heavy atom. The second kappa shape index (κ2) is 5.72. The molecule has 0 aromatic heterocycles. The van der Waals surface area contributed by atoms with Gasteiger partial charge in [0.05, 0.1) is 5.92 Å². The van der Waals surface area contributed by atoms with Gasteiger partial charge in [0.15, 0.2) is 5.84 Å². The minimum atomic E-state index is -0.490. The predicted molar refractivity (Wildman–Crippen MR) is 62.2 cm³/mol. The normalized spacial score (nSPS) is 19.8. The molecule has 0 spiro atoms. The van der Waals surface area contributed by atoms with E-state index in [0.29, 0.717) is 12.5 Å². The number of carbonyl (C=O) groups excluding carboxylic acids is 1. The van der Waals surface area contributed by atoms with Crippen molar-refractivity contribution in [1.82, 2.24) is 4.90 Å². The van der Waals surface area contributed by atoms with Crippen LogP contribution in [0, 0.1) is 5.92 Å². The summed E-state index contributed by atoms with van der Waals surface area (Å²) in [5.74, 6) is -0.516. The van der Waals surface area contributed by atoms with Crippen LogP contribution in [0.4, 0.5) is 0 Å². The van der Waals surface area contributed by atoms with Gasteiger partial charge < -0.3 is 15.8 Å². The number of nitrogens with two attached hydrogens (primary N) is 1. The molecule has 0 radical (unpaired) electrons. The van der Waals surface area contributed by atoms with Gasteiger partial charge in [-0.25, -0.2) is 0 Å². The number of amidine groups is 1. The standard InChI is InChI=1S/C11H21N3O2/c1-3-9(10(12)13-16)11(15)14(2)8-6-4-5-7-8/h8-9,16H,3-7H2,1-2H3,(H2,12,13). The third-order valence-electron chi connectivity index (χ3n) is 3.40. The van der Waals surface area contributed by atoms with E-state index in [0.717, 1.165) is 12.8 Å². The van der Waals surface area contributed by atoms with Crippen LogP contribution in [-0.2, 0) is 4.79 Å². The fourth-order valence-corrected chi connectivity index (χ4v) is 2.30. The summed E-state index contributed by atoms with van der Waals surface area (Å²) in [6.45, 7) is 1.86. The van der Waals surface area contributed by atoms with Gasteiger partial charge in [0.2, 0.25) is 5.91 Å². The second-order valence-electron chi connectivity index (χ2n) is 4.37. The van der Waals surface area contributed by atoms with Crippen LogP contribution in [0.5, 0.6) is 0 Å². The maximum Gasteiger partial charge on any atom is 0.233 e. The Bertz CT molecular complexity index is 272. The number of carbonyl (C=O) groups is 1. The summed E-state index contributed by atoms with van der Waals surface area (Å²) in [7, 11) is 1.81. The molecule has 3 N–H and O–H groups in total. The van der Waals surface area contributed by atoms with Gasteiger partial charge in [-0.1, -0.05) is 24.9 Å². The fraction of sp³-hybridized carbons (Fsp3) is 0.818. The molecule has 92 valence electrons. The van der Waals surface area contributed by atoms with E-state index in [2.05, 4.69) is 5.16 Å². The first-order chi connectivity index (χ1) is 7.61. The lowest BCUT2D eigenvalue weighted by atomic mass is 10.0. The van der Waals surface area contributed by atoms with Crippen molar-refractivity contribution in [2.75, 3.05) is 7.05 Å². The highest BCUT2D eigenvalue weighted by molar-refractivity contribution is 6.02. The Balaban J connectivity index is 2.66. The molecule has 1 amide bonds. The topological polar surface area (TPSA) is 78.9 Å². The molecular formula is C11H21N3O2. The lowest BCUT2D eigenvalue weighted by Crippen LogP contribution is -2.43. The van der Waals surface area contributed by atoms with Crippen molar-refractivity contribution in [3.05, 3.63) is 0 Å². The quantitative estimate of drug-likeness (QED) is 0.327. The molecule has 1 saturated carbocycles. The van der Waals surface area contributed by atoms with Crippen LogP contribution in [0.15, 0.2) is 5.16 Å². The highest BCUT2D eigenvalue weighted by atomic mass is 16.4. The Labute approximate surface area is 96.3 Å². The zero-order valence-corrected chi connectivity index (χ0v) is 10.0. The van der Waals surface area contributed by atoms with Gasteiger partial charge in [-0.15, -0.1) is 0 Å². The second-order valence-corrected chi connectivity index (χ2v) is 4.37. The smallest absolute Gasteiger partial charge is 0.233 e. The summed E-state index contributed by atoms with van der Waals surface area (Å²) in [4.78, 5) is 13.9. The molecule has 1 unspecified atom stereocenters. The zero-order valence-electron chi connectivity index (χ0n) is 10.0. The molecule has 1 aliphatic rings. The maximum absolute atomic E-state index is 12.1. The summed E-state index contributed by atoms with van der Waals surface area (Å²) in [6.07, 6.45) is 5.06. The van der Waals surface area contributed by atoms with Gasteiger partial charge in [-0.2, -0.15) is 0 Å². The van der Waals surface area contributed by atoms with Gasteiger partial charge in [0, 0.05) is 13.1 Å². The van der Waals surface area contributed by atoms with Crippen LogP contribution >= 0.6 is 0 Å². The van der Waals surface area contributed by atoms with Crippen molar-refractivity contribution in [2.24, 2.45) is 16.8 Å². The molecule has 1 aliphatic carbocycles. The molecule has 0 aromatic rings. The van der Waals surface area contributed by atoms with E-state index in [1.807, 2.05) is 14.0 Å². The van der Waals surface area contributed by atoms with Gasteiger partial charge in [-0.05, 0) is 19.3 Å². The first-order valence-corrected chi connectivity index (χ1v) is 5.85. The summed E-state index contributed by atoms with van der Waals surface area (Å²) in [5, 5.41) is 11.6. The van der Waals surface area contributed by atoms with E-state index >= 15 is 0 Å². The van der Waals surface area contributed by atoms with E-state index in [9.17, 15) is 4.79 Å². The van der Waals surface area contributed by atoms with E-state index < -0.39 is 5.92 Å². The molecule has 5 heteroatoms. The van der Waals surface area contributed by atoms with Crippen LogP contribution in [0.3, 0.4) is 0 Å². The van der Waals surface area contributed by atoms with Gasteiger partial charge in [0.25, 0.3) is 0 Å². The molecule has 16 heavy (non-hydrogen) atoms. The van der Waals surface area contributed by atoms with Crippen molar-refractivity contribution in [1.29, 1.82) is 0 Å². The first kappa shape index (κ1) is 12.8. The van der Waals surface area contributed by atoms with E-state index in [1.54, 1.807) is 4.90 Å². The lowest BCUT2D eigenvalue weighted by Gasteiger charge is -2.27. The predicted octanol–water partition coefficient (Wildman–Crippen LogP) is 1.16. The summed E-state index contributed by atoms with van der Waals surface area (Å²) < 4.78 is 0. The van der Waals surface area contributed by atoms with Crippen LogP contribution in [0.1, 0.15) is 39.0 Å². The third kappa shape index (κ3) is 2.65. The largest absolute Gasteiger partial charge is 0.409 e. The van der Waals surface area contributed by atoms with Crippen LogP contribution in [-0.4, -0.2) is 34.9 Å². The molecule has 1 rings (SSSR count). The number of oxime groups is 1. The van der Waals surface area contributed by atoms with Gasteiger partial charge in [0.1, 0.15) is 0 Å². The van der Waals surface area contributed by atoms with Crippen molar-refractivity contribution in [3.8, 4) is 0 Å². The number of nitrogens with zero attached hydrogens (tertiary/aromatic N) is 2. The van der Waals surface area contributed by atoms with Crippen LogP contribution in [0.25, 0.3) is 0 Å². The molecule has 0 heterocycles. The fourth-order valence-electron chi connectivity index (χ4n) is 2.30. The van der Waals surface area contributed by atoms with Gasteiger partial charge in [-0.3, -0.25) is 4.79 Å². The van der Waals surface area contributed by atoms with Crippen LogP contribution < -0.4 is 5.73 Å². The highest BCUT2D eigenvalue weighted by Gasteiger charge is 2.29. The SMILES string of the molecule is CCC(C(=O)N(C)C1CCCC1)C(N)=NO. The van der Waals surface area contributed by atoms with E-state index in [-0.39, 0.29) is 11.7 Å². The number of hydrogen-bond donors (Lipinski definition) is 2. The molecule has 1 atom stereocenters. The number of amides is 1. The van der Waals surface area contributed by atoms with Crippen molar-refractivity contribution < 1.29 is 10.0 Å². The van der Waals surface area contributed by atoms with Crippen molar-refractivity contribution in [3.63, 3.8) is 0 Å². The Morgan fingerprint density at radius 2 is 2.12 bits per heavy atom. The summed E-state index contributed by atoms with van der Waals surface area (Å²) >= 11 is 0. The van der Waals surface area contributed by atoms with Crippen molar-refractivity contribution in [2.45, 2.75) is 45.1 Å². The molecule has 0 bridgehead atoms. The summed E-state index contributed by atoms with van der Waals surface area (Å²) in [5.41, 5.74) is 5.52. The zero-order chi connectivity index (χ0) is 12.1. The molecule has 0 saturated heterocycles. The van der Waals surface area contributed by atoms with Crippen LogP contribution in [0.2, 0.25) is 0 Å². The molecular weight excluding hydrogens is 206 g/mol. The third-order valence-corrected chi connectivity index (χ3v) is 3.40. The molecule has 1 fully saturated rings. The number of rotatable bonds is 4. The van der Waals surface area contributed by atoms with Gasteiger partial charge >= 0.3 is 0 Å². The molecule has 0 aliphatic heterocycles. The minimum absolute atomic E-state index is 0.0114. The summed E-state index contributed by atoms with van der Waals surface area (Å²) in [6, 6.07) is 0.327. The molecule has 5 nitrogen and oxygen atoms in total. The first-order valence-electron chi connectivity index (χ1n) is 5.85. The Kier molecular flexibility index (Phi) is 4.58. The Morgan fingerprint density at radius 3 is 2.56 bits per heavy atom. The average molecular weight is 227 g/mol. The molecule has 0 aromatic carbocycles. The lowest BCUT2D eigenvalue weighted by molar-refractivity contribution is -0.134. The maximum atomic E-state index is 12.1. The van der Waals surface area contributed by atoms with Crippen molar-refractivity contribution >= 4 is 11.7 Å². The average Bonchev–Trinajstić information content (AvgIpc) is 2.81. The Hall–Kier alpha value is -1.26.